The van der Waals surface area contributed by atoms with E-state index < -0.39 is 0 Å². The van der Waals surface area contributed by atoms with Gasteiger partial charge in [-0.25, -0.2) is 4.68 Å². The molecule has 8 heteroatoms. The molecule has 2 aromatic carbocycles. The minimum Gasteiger partial charge on any atom is -0.361 e. The maximum atomic E-state index is 12.5. The van der Waals surface area contributed by atoms with E-state index in [-0.39, 0.29) is 5.91 Å². The molecule has 0 aliphatic carbocycles. The molecule has 0 aliphatic rings. The van der Waals surface area contributed by atoms with Crippen LogP contribution in [0.5, 0.6) is 0 Å². The Morgan fingerprint density at radius 2 is 1.77 bits per heavy atom. The summed E-state index contributed by atoms with van der Waals surface area (Å²) >= 11 is 0. The van der Waals surface area contributed by atoms with Gasteiger partial charge in [-0.15, -0.1) is 10.2 Å². The van der Waals surface area contributed by atoms with Crippen molar-refractivity contribution in [1.29, 1.82) is 0 Å². The molecule has 0 radical (unpaired) electrons. The molecule has 0 aliphatic heterocycles. The second kappa shape index (κ2) is 8.11. The molecule has 0 bridgehead atoms. The largest absolute Gasteiger partial charge is 0.361 e. The van der Waals surface area contributed by atoms with Gasteiger partial charge in [0.15, 0.2) is 11.6 Å². The third-order valence-electron chi connectivity index (χ3n) is 4.86. The molecule has 1 amide bonds. The van der Waals surface area contributed by atoms with Crippen LogP contribution in [0, 0.1) is 0 Å². The number of amides is 1. The Bertz CT molecular complexity index is 1310. The van der Waals surface area contributed by atoms with E-state index in [1.165, 1.54) is 0 Å². The van der Waals surface area contributed by atoms with Gasteiger partial charge in [0.1, 0.15) is 0 Å². The molecule has 5 aromatic rings. The van der Waals surface area contributed by atoms with Crippen molar-refractivity contribution < 1.29 is 4.79 Å². The Hall–Kier alpha value is -4.46. The number of hydrogen-bond donors (Lipinski definition) is 3. The molecule has 0 spiro atoms. The summed E-state index contributed by atoms with van der Waals surface area (Å²) in [4.78, 5) is 15.7. The van der Waals surface area contributed by atoms with E-state index in [2.05, 4.69) is 30.9 Å². The number of hydrogen-bond acceptors (Lipinski definition) is 5. The Balaban J connectivity index is 1.20. The van der Waals surface area contributed by atoms with E-state index in [0.717, 1.165) is 27.8 Å². The summed E-state index contributed by atoms with van der Waals surface area (Å²) in [6.45, 7) is 0. The van der Waals surface area contributed by atoms with Crippen LogP contribution in [-0.2, 0) is 11.2 Å². The van der Waals surface area contributed by atoms with Gasteiger partial charge in [-0.2, -0.15) is 5.10 Å². The summed E-state index contributed by atoms with van der Waals surface area (Å²) in [5.41, 5.74) is 3.58. The Morgan fingerprint density at radius 1 is 0.935 bits per heavy atom. The Labute approximate surface area is 177 Å². The van der Waals surface area contributed by atoms with E-state index in [9.17, 15) is 4.79 Å². The maximum absolute atomic E-state index is 12.5. The molecule has 0 fully saturated rings. The standard InChI is InChI=1S/C23H19N7O/c31-23(14-16-15-24-20-5-2-1-4-19(16)20)27-18-8-6-17(7-9-18)26-21-10-11-22(29-28-21)30-13-3-12-25-30/h1-13,15,24H,14H2,(H,26,28)(H,27,31). The molecular formula is C23H19N7O. The fourth-order valence-corrected chi connectivity index (χ4v) is 3.36. The minimum atomic E-state index is -0.0643. The van der Waals surface area contributed by atoms with Crippen LogP contribution in [0.3, 0.4) is 0 Å². The van der Waals surface area contributed by atoms with E-state index in [1.54, 1.807) is 10.9 Å². The lowest BCUT2D eigenvalue weighted by Gasteiger charge is -2.08. The normalized spacial score (nSPS) is 10.8. The average Bonchev–Trinajstić information content (AvgIpc) is 3.47. The fraction of sp³-hybridized carbons (Fsp3) is 0.0435. The maximum Gasteiger partial charge on any atom is 0.228 e. The van der Waals surface area contributed by atoms with Crippen molar-refractivity contribution in [3.8, 4) is 5.82 Å². The summed E-state index contributed by atoms with van der Waals surface area (Å²) in [6, 6.07) is 20.9. The van der Waals surface area contributed by atoms with Crippen molar-refractivity contribution in [2.75, 3.05) is 10.6 Å². The van der Waals surface area contributed by atoms with Gasteiger partial charge in [-0.05, 0) is 54.1 Å². The molecule has 31 heavy (non-hydrogen) atoms. The Morgan fingerprint density at radius 3 is 2.55 bits per heavy atom. The molecule has 3 aromatic heterocycles. The highest BCUT2D eigenvalue weighted by Gasteiger charge is 2.09. The molecular weight excluding hydrogens is 390 g/mol. The topological polar surface area (TPSA) is 101 Å². The first-order chi connectivity index (χ1) is 15.2. The molecule has 5 rings (SSSR count). The van der Waals surface area contributed by atoms with Crippen LogP contribution >= 0.6 is 0 Å². The quantitative estimate of drug-likeness (QED) is 0.393. The molecule has 152 valence electrons. The number of aromatic nitrogens is 5. The molecule has 0 saturated carbocycles. The third-order valence-corrected chi connectivity index (χ3v) is 4.86. The van der Waals surface area contributed by atoms with Gasteiger partial charge < -0.3 is 15.6 Å². The predicted octanol–water partition coefficient (Wildman–Crippen LogP) is 4.07. The number of nitrogens with zero attached hydrogens (tertiary/aromatic N) is 4. The van der Waals surface area contributed by atoms with Crippen molar-refractivity contribution in [2.24, 2.45) is 0 Å². The number of carbonyl (C=O) groups is 1. The van der Waals surface area contributed by atoms with E-state index >= 15 is 0 Å². The minimum absolute atomic E-state index is 0.0643. The lowest BCUT2D eigenvalue weighted by molar-refractivity contribution is -0.115. The van der Waals surface area contributed by atoms with Crippen molar-refractivity contribution in [3.63, 3.8) is 0 Å². The molecule has 3 N–H and O–H groups in total. The van der Waals surface area contributed by atoms with E-state index in [4.69, 9.17) is 0 Å². The predicted molar refractivity (Wildman–Crippen MR) is 120 cm³/mol. The van der Waals surface area contributed by atoms with Crippen LogP contribution in [0.2, 0.25) is 0 Å². The second-order valence-corrected chi connectivity index (χ2v) is 7.01. The number of rotatable bonds is 6. The summed E-state index contributed by atoms with van der Waals surface area (Å²) < 4.78 is 1.64. The smallest absolute Gasteiger partial charge is 0.228 e. The van der Waals surface area contributed by atoms with Gasteiger partial charge in [-0.1, -0.05) is 18.2 Å². The first-order valence-corrected chi connectivity index (χ1v) is 9.80. The van der Waals surface area contributed by atoms with E-state index in [1.807, 2.05) is 79.1 Å². The van der Waals surface area contributed by atoms with Crippen molar-refractivity contribution in [2.45, 2.75) is 6.42 Å². The SMILES string of the molecule is O=C(Cc1c[nH]c2ccccc12)Nc1ccc(Nc2ccc(-n3cccn3)nn2)cc1. The van der Waals surface area contributed by atoms with Crippen LogP contribution in [0.15, 0.2) is 85.3 Å². The van der Waals surface area contributed by atoms with Gasteiger partial charge in [0.05, 0.1) is 6.42 Å². The first kappa shape index (κ1) is 18.6. The summed E-state index contributed by atoms with van der Waals surface area (Å²) in [5, 5.41) is 19.7. The van der Waals surface area contributed by atoms with Crippen LogP contribution in [0.4, 0.5) is 17.2 Å². The van der Waals surface area contributed by atoms with Crippen molar-refractivity contribution in [3.05, 3.63) is 90.9 Å². The number of fused-ring (bicyclic) bond motifs is 1. The highest BCUT2D eigenvalue weighted by atomic mass is 16.1. The number of nitrogens with one attached hydrogen (secondary N) is 3. The number of H-pyrrole nitrogens is 1. The lowest BCUT2D eigenvalue weighted by Crippen LogP contribution is -2.14. The fourth-order valence-electron chi connectivity index (χ4n) is 3.36. The molecule has 3 heterocycles. The van der Waals surface area contributed by atoms with Gasteiger partial charge in [-0.3, -0.25) is 4.79 Å². The number of carbonyl (C=O) groups excluding carboxylic acids is 1. The average molecular weight is 409 g/mol. The van der Waals surface area contributed by atoms with Gasteiger partial charge in [0.2, 0.25) is 5.91 Å². The zero-order chi connectivity index (χ0) is 21.0. The number of anilines is 3. The Kier molecular flexibility index (Phi) is 4.86. The lowest BCUT2D eigenvalue weighted by atomic mass is 10.1. The molecule has 0 atom stereocenters. The summed E-state index contributed by atoms with van der Waals surface area (Å²) in [7, 11) is 0. The van der Waals surface area contributed by atoms with Gasteiger partial charge >= 0.3 is 0 Å². The highest BCUT2D eigenvalue weighted by molar-refractivity contribution is 5.95. The van der Waals surface area contributed by atoms with Crippen LogP contribution in [-0.4, -0.2) is 30.9 Å². The summed E-state index contributed by atoms with van der Waals surface area (Å²) in [6.07, 6.45) is 5.69. The highest BCUT2D eigenvalue weighted by Crippen LogP contribution is 2.20. The number of para-hydroxylation sites is 1. The van der Waals surface area contributed by atoms with E-state index in [0.29, 0.717) is 18.1 Å². The first-order valence-electron chi connectivity index (χ1n) is 9.80. The van der Waals surface area contributed by atoms with Gasteiger partial charge in [0.25, 0.3) is 0 Å². The molecule has 8 nitrogen and oxygen atoms in total. The van der Waals surface area contributed by atoms with Crippen molar-refractivity contribution in [1.82, 2.24) is 25.0 Å². The molecule has 0 unspecified atom stereocenters. The zero-order valence-corrected chi connectivity index (χ0v) is 16.5. The van der Waals surface area contributed by atoms with Crippen molar-refractivity contribution >= 4 is 34.0 Å². The van der Waals surface area contributed by atoms with Gasteiger partial charge in [0, 0.05) is 40.9 Å². The zero-order valence-electron chi connectivity index (χ0n) is 16.5. The molecule has 0 saturated heterocycles. The summed E-state index contributed by atoms with van der Waals surface area (Å²) in [5.74, 6) is 1.20. The monoisotopic (exact) mass is 409 g/mol. The van der Waals surface area contributed by atoms with Crippen LogP contribution < -0.4 is 10.6 Å². The van der Waals surface area contributed by atoms with Crippen LogP contribution in [0.25, 0.3) is 16.7 Å². The number of aromatic amines is 1. The third kappa shape index (κ3) is 4.13. The number of benzene rings is 2. The van der Waals surface area contributed by atoms with Crippen LogP contribution in [0.1, 0.15) is 5.56 Å². The second-order valence-electron chi connectivity index (χ2n) is 7.01.